The molecule has 1 N–H and O–H groups in total. The maximum absolute atomic E-state index is 13.4. The van der Waals surface area contributed by atoms with E-state index < -0.39 is 10.0 Å². The van der Waals surface area contributed by atoms with Gasteiger partial charge >= 0.3 is 0 Å². The van der Waals surface area contributed by atoms with Crippen LogP contribution in [0, 0.1) is 26.6 Å². The van der Waals surface area contributed by atoms with Crippen LogP contribution in [0.1, 0.15) is 22.6 Å². The molecule has 0 aliphatic carbocycles. The Bertz CT molecular complexity index is 1070. The lowest BCUT2D eigenvalue weighted by molar-refractivity contribution is 0.600. The zero-order valence-electron chi connectivity index (χ0n) is 15.0. The molecule has 3 aromatic rings. The fourth-order valence-electron chi connectivity index (χ4n) is 2.74. The Morgan fingerprint density at radius 2 is 1.92 bits per heavy atom. The minimum Gasteiger partial charge on any atom is -0.276 e. The maximum atomic E-state index is 13.4. The van der Waals surface area contributed by atoms with E-state index in [2.05, 4.69) is 14.9 Å². The monoisotopic (exact) mass is 377 g/mol. The van der Waals surface area contributed by atoms with Crippen LogP contribution in [0.3, 0.4) is 0 Å². The molecule has 0 unspecified atom stereocenters. The first-order chi connectivity index (χ1) is 12.2. The Morgan fingerprint density at radius 3 is 2.54 bits per heavy atom. The summed E-state index contributed by atoms with van der Waals surface area (Å²) in [6, 6.07) is 6.23. The summed E-state index contributed by atoms with van der Waals surface area (Å²) in [4.78, 5) is 0.122. The molecule has 0 atom stereocenters. The summed E-state index contributed by atoms with van der Waals surface area (Å²) < 4.78 is 44.5. The summed E-state index contributed by atoms with van der Waals surface area (Å²) >= 11 is 0. The van der Waals surface area contributed by atoms with Crippen molar-refractivity contribution in [3.8, 4) is 0 Å². The third-order valence-electron chi connectivity index (χ3n) is 4.32. The Labute approximate surface area is 151 Å². The van der Waals surface area contributed by atoms with Gasteiger partial charge in [0.2, 0.25) is 0 Å². The second-order valence-electron chi connectivity index (χ2n) is 6.16. The van der Waals surface area contributed by atoms with Crippen molar-refractivity contribution in [3.05, 3.63) is 58.9 Å². The molecule has 0 saturated carbocycles. The Kier molecular flexibility index (Phi) is 4.57. The van der Waals surface area contributed by atoms with E-state index in [0.29, 0.717) is 29.3 Å². The predicted octanol–water partition coefficient (Wildman–Crippen LogP) is 2.53. The Hall–Kier alpha value is -2.68. The van der Waals surface area contributed by atoms with Crippen LogP contribution in [0.25, 0.3) is 0 Å². The average molecular weight is 377 g/mol. The highest BCUT2D eigenvalue weighted by atomic mass is 32.2. The molecule has 26 heavy (non-hydrogen) atoms. The number of hydrogen-bond acceptors (Lipinski definition) is 4. The molecule has 0 radical (unpaired) electrons. The second-order valence-corrected chi connectivity index (χ2v) is 7.81. The van der Waals surface area contributed by atoms with Gasteiger partial charge in [0.1, 0.15) is 10.7 Å². The molecule has 1 aromatic carbocycles. The summed E-state index contributed by atoms with van der Waals surface area (Å²) in [5.41, 5.74) is 2.90. The molecule has 0 saturated heterocycles. The first-order valence-corrected chi connectivity index (χ1v) is 9.47. The van der Waals surface area contributed by atoms with Gasteiger partial charge in [-0.3, -0.25) is 14.1 Å². The van der Waals surface area contributed by atoms with Crippen molar-refractivity contribution in [2.24, 2.45) is 7.05 Å². The molecule has 2 heterocycles. The SMILES string of the molecule is Cc1nn(Cc2cccc(F)c2)c(C)c1NS(=O)(=O)c1cnn(C)c1C. The van der Waals surface area contributed by atoms with Crippen LogP contribution >= 0.6 is 0 Å². The van der Waals surface area contributed by atoms with Gasteiger partial charge in [0, 0.05) is 7.05 Å². The topological polar surface area (TPSA) is 81.8 Å². The molecule has 9 heteroatoms. The highest BCUT2D eigenvalue weighted by molar-refractivity contribution is 7.92. The van der Waals surface area contributed by atoms with E-state index in [-0.39, 0.29) is 10.7 Å². The van der Waals surface area contributed by atoms with Crippen LogP contribution < -0.4 is 4.72 Å². The molecule has 0 aliphatic rings. The van der Waals surface area contributed by atoms with E-state index in [1.165, 1.54) is 23.0 Å². The lowest BCUT2D eigenvalue weighted by Gasteiger charge is -2.09. The van der Waals surface area contributed by atoms with Gasteiger partial charge in [0.25, 0.3) is 10.0 Å². The molecule has 2 aromatic heterocycles. The van der Waals surface area contributed by atoms with Crippen LogP contribution in [0.15, 0.2) is 35.4 Å². The van der Waals surface area contributed by atoms with Crippen LogP contribution in [0.4, 0.5) is 10.1 Å². The quantitative estimate of drug-likeness (QED) is 0.741. The molecule has 0 amide bonds. The Balaban J connectivity index is 1.92. The zero-order valence-corrected chi connectivity index (χ0v) is 15.8. The van der Waals surface area contributed by atoms with E-state index in [1.807, 2.05) is 0 Å². The fraction of sp³-hybridized carbons (Fsp3) is 0.294. The molecular formula is C17H20FN5O2S. The number of aryl methyl sites for hydroxylation is 2. The van der Waals surface area contributed by atoms with Gasteiger partial charge in [-0.2, -0.15) is 10.2 Å². The number of benzene rings is 1. The van der Waals surface area contributed by atoms with Gasteiger partial charge in [-0.05, 0) is 38.5 Å². The van der Waals surface area contributed by atoms with Crippen molar-refractivity contribution in [2.75, 3.05) is 4.72 Å². The highest BCUT2D eigenvalue weighted by Crippen LogP contribution is 2.25. The number of nitrogens with one attached hydrogen (secondary N) is 1. The van der Waals surface area contributed by atoms with Gasteiger partial charge in [-0.25, -0.2) is 12.8 Å². The van der Waals surface area contributed by atoms with Crippen molar-refractivity contribution < 1.29 is 12.8 Å². The first kappa shape index (κ1) is 18.1. The summed E-state index contributed by atoms with van der Waals surface area (Å²) in [5.74, 6) is -0.322. The maximum Gasteiger partial charge on any atom is 0.265 e. The normalized spacial score (nSPS) is 11.7. The first-order valence-electron chi connectivity index (χ1n) is 7.99. The van der Waals surface area contributed by atoms with E-state index >= 15 is 0 Å². The van der Waals surface area contributed by atoms with Crippen LogP contribution in [-0.2, 0) is 23.6 Å². The van der Waals surface area contributed by atoms with Crippen molar-refractivity contribution >= 4 is 15.7 Å². The van der Waals surface area contributed by atoms with Crippen LogP contribution in [0.2, 0.25) is 0 Å². The third kappa shape index (κ3) is 3.34. The Morgan fingerprint density at radius 1 is 1.19 bits per heavy atom. The van der Waals surface area contributed by atoms with Gasteiger partial charge < -0.3 is 0 Å². The molecule has 0 aliphatic heterocycles. The number of nitrogens with zero attached hydrogens (tertiary/aromatic N) is 4. The van der Waals surface area contributed by atoms with Crippen molar-refractivity contribution in [3.63, 3.8) is 0 Å². The van der Waals surface area contributed by atoms with Crippen molar-refractivity contribution in [2.45, 2.75) is 32.2 Å². The molecule has 3 rings (SSSR count). The average Bonchev–Trinajstić information content (AvgIpc) is 3.02. The number of anilines is 1. The van der Waals surface area contributed by atoms with E-state index in [0.717, 1.165) is 5.56 Å². The molecule has 7 nitrogen and oxygen atoms in total. The molecular weight excluding hydrogens is 357 g/mol. The largest absolute Gasteiger partial charge is 0.276 e. The minimum atomic E-state index is -3.78. The molecule has 0 spiro atoms. The highest BCUT2D eigenvalue weighted by Gasteiger charge is 2.23. The summed E-state index contributed by atoms with van der Waals surface area (Å²) in [6.07, 6.45) is 1.32. The lowest BCUT2D eigenvalue weighted by atomic mass is 10.2. The number of hydrogen-bond donors (Lipinski definition) is 1. The molecule has 0 bridgehead atoms. The van der Waals surface area contributed by atoms with E-state index in [9.17, 15) is 12.8 Å². The van der Waals surface area contributed by atoms with Crippen molar-refractivity contribution in [1.82, 2.24) is 19.6 Å². The van der Waals surface area contributed by atoms with Gasteiger partial charge in [-0.1, -0.05) is 12.1 Å². The molecule has 0 fully saturated rings. The standard InChI is InChI=1S/C17H20FN5O2S/c1-11-17(21-26(24,25)16-9-19-22(4)12(16)2)13(3)23(20-11)10-14-6-5-7-15(18)8-14/h5-9,21H,10H2,1-4H3. The van der Waals surface area contributed by atoms with E-state index in [1.54, 1.807) is 44.6 Å². The number of halogens is 1. The predicted molar refractivity (Wildman–Crippen MR) is 96.0 cm³/mol. The smallest absolute Gasteiger partial charge is 0.265 e. The molecule has 138 valence electrons. The summed E-state index contributed by atoms with van der Waals surface area (Å²) in [7, 11) is -2.10. The fourth-order valence-corrected chi connectivity index (χ4v) is 4.12. The van der Waals surface area contributed by atoms with Gasteiger partial charge in [0.15, 0.2) is 0 Å². The lowest BCUT2D eigenvalue weighted by Crippen LogP contribution is -2.15. The van der Waals surface area contributed by atoms with Crippen LogP contribution in [-0.4, -0.2) is 28.0 Å². The third-order valence-corrected chi connectivity index (χ3v) is 5.77. The van der Waals surface area contributed by atoms with Crippen molar-refractivity contribution in [1.29, 1.82) is 0 Å². The second kappa shape index (κ2) is 6.56. The van der Waals surface area contributed by atoms with Gasteiger partial charge in [0.05, 0.1) is 35.5 Å². The van der Waals surface area contributed by atoms with E-state index in [4.69, 9.17) is 0 Å². The number of aromatic nitrogens is 4. The summed E-state index contributed by atoms with van der Waals surface area (Å²) in [5, 5.41) is 8.37. The van der Waals surface area contributed by atoms with Gasteiger partial charge in [-0.15, -0.1) is 0 Å². The van der Waals surface area contributed by atoms with Crippen LogP contribution in [0.5, 0.6) is 0 Å². The summed E-state index contributed by atoms with van der Waals surface area (Å²) in [6.45, 7) is 5.53. The zero-order chi connectivity index (χ0) is 19.1. The number of sulfonamides is 1. The number of rotatable bonds is 5. The minimum absolute atomic E-state index is 0.122.